The Kier molecular flexibility index (Phi) is 3.41. The molecule has 1 aromatic rings. The van der Waals surface area contributed by atoms with Gasteiger partial charge in [0.05, 0.1) is 11.1 Å². The molecule has 1 saturated heterocycles. The summed E-state index contributed by atoms with van der Waals surface area (Å²) < 4.78 is 0.827. The molecule has 19 heavy (non-hydrogen) atoms. The highest BCUT2D eigenvalue weighted by molar-refractivity contribution is 9.10. The minimum Gasteiger partial charge on any atom is -0.316 e. The predicted molar refractivity (Wildman–Crippen MR) is 75.1 cm³/mol. The number of hydrogen-bond donors (Lipinski definition) is 1. The number of nitrogens with zero attached hydrogens (tertiary/aromatic N) is 1. The van der Waals surface area contributed by atoms with E-state index in [2.05, 4.69) is 21.2 Å². The zero-order valence-corrected chi connectivity index (χ0v) is 12.1. The van der Waals surface area contributed by atoms with E-state index in [4.69, 9.17) is 0 Å². The first-order valence-electron chi connectivity index (χ1n) is 6.53. The number of carbonyl (C=O) groups excluding carboxylic acids is 2. The summed E-state index contributed by atoms with van der Waals surface area (Å²) in [5.74, 6) is 0.0596. The molecule has 1 unspecified atom stereocenters. The van der Waals surface area contributed by atoms with Gasteiger partial charge in [-0.1, -0.05) is 15.9 Å². The van der Waals surface area contributed by atoms with Crippen LogP contribution in [0.2, 0.25) is 0 Å². The molecule has 2 aliphatic heterocycles. The fourth-order valence-electron chi connectivity index (χ4n) is 2.77. The van der Waals surface area contributed by atoms with Crippen molar-refractivity contribution in [3.8, 4) is 0 Å². The van der Waals surface area contributed by atoms with Crippen molar-refractivity contribution in [2.45, 2.75) is 12.8 Å². The van der Waals surface area contributed by atoms with E-state index in [0.29, 0.717) is 23.6 Å². The second kappa shape index (κ2) is 5.06. The lowest BCUT2D eigenvalue weighted by Crippen LogP contribution is -2.40. The van der Waals surface area contributed by atoms with Crippen LogP contribution in [0.4, 0.5) is 0 Å². The highest BCUT2D eigenvalue weighted by atomic mass is 79.9. The average molecular weight is 323 g/mol. The third kappa shape index (κ3) is 2.32. The molecule has 2 aliphatic rings. The standard InChI is InChI=1S/C14H15BrN2O2/c15-10-3-4-11-12(6-10)14(19)17(13(11)18)8-9-2-1-5-16-7-9/h3-4,6,9,16H,1-2,5,7-8H2. The van der Waals surface area contributed by atoms with E-state index in [1.807, 2.05) is 0 Å². The molecular weight excluding hydrogens is 308 g/mol. The quantitative estimate of drug-likeness (QED) is 0.848. The Morgan fingerprint density at radius 1 is 1.26 bits per heavy atom. The Bertz CT molecular complexity index is 538. The van der Waals surface area contributed by atoms with Crippen molar-refractivity contribution < 1.29 is 9.59 Å². The van der Waals surface area contributed by atoms with Gasteiger partial charge in [0.15, 0.2) is 0 Å². The number of nitrogens with one attached hydrogen (secondary N) is 1. The SMILES string of the molecule is O=C1c2ccc(Br)cc2C(=O)N1CC1CCCNC1. The highest BCUT2D eigenvalue weighted by Crippen LogP contribution is 2.27. The molecule has 4 nitrogen and oxygen atoms in total. The minimum absolute atomic E-state index is 0.155. The van der Waals surface area contributed by atoms with Gasteiger partial charge in [0.2, 0.25) is 0 Å². The van der Waals surface area contributed by atoms with E-state index >= 15 is 0 Å². The number of hydrogen-bond acceptors (Lipinski definition) is 3. The van der Waals surface area contributed by atoms with Crippen LogP contribution < -0.4 is 5.32 Å². The maximum atomic E-state index is 12.3. The molecule has 2 amide bonds. The number of carbonyl (C=O) groups is 2. The van der Waals surface area contributed by atoms with Gasteiger partial charge >= 0.3 is 0 Å². The van der Waals surface area contributed by atoms with Gasteiger partial charge in [-0.2, -0.15) is 0 Å². The molecule has 1 N–H and O–H groups in total. The molecule has 3 rings (SSSR count). The predicted octanol–water partition coefficient (Wildman–Crippen LogP) is 2.04. The molecule has 0 aromatic heterocycles. The summed E-state index contributed by atoms with van der Waals surface area (Å²) in [4.78, 5) is 26.0. The summed E-state index contributed by atoms with van der Waals surface area (Å²) in [6.07, 6.45) is 2.18. The largest absolute Gasteiger partial charge is 0.316 e. The maximum Gasteiger partial charge on any atom is 0.261 e. The summed E-state index contributed by atoms with van der Waals surface area (Å²) >= 11 is 3.34. The Morgan fingerprint density at radius 3 is 2.79 bits per heavy atom. The average Bonchev–Trinajstić information content (AvgIpc) is 2.65. The first-order valence-corrected chi connectivity index (χ1v) is 7.32. The van der Waals surface area contributed by atoms with Gasteiger partial charge in [0, 0.05) is 11.0 Å². The molecule has 1 atom stereocenters. The number of amides is 2. The maximum absolute atomic E-state index is 12.3. The van der Waals surface area contributed by atoms with Crippen molar-refractivity contribution in [3.63, 3.8) is 0 Å². The monoisotopic (exact) mass is 322 g/mol. The van der Waals surface area contributed by atoms with Crippen LogP contribution in [0.1, 0.15) is 33.6 Å². The van der Waals surface area contributed by atoms with E-state index in [0.717, 1.165) is 30.4 Å². The number of imide groups is 1. The number of benzene rings is 1. The van der Waals surface area contributed by atoms with Gasteiger partial charge in [-0.05, 0) is 50.0 Å². The molecule has 0 saturated carbocycles. The van der Waals surface area contributed by atoms with Crippen molar-refractivity contribution in [1.82, 2.24) is 10.2 Å². The molecule has 0 aliphatic carbocycles. The summed E-state index contributed by atoms with van der Waals surface area (Å²) in [5, 5.41) is 3.31. The van der Waals surface area contributed by atoms with Crippen LogP contribution in [-0.4, -0.2) is 36.3 Å². The first kappa shape index (κ1) is 12.8. The molecule has 1 fully saturated rings. The minimum atomic E-state index is -0.160. The number of rotatable bonds is 2. The lowest BCUT2D eigenvalue weighted by atomic mass is 9.99. The van der Waals surface area contributed by atoms with Gasteiger partial charge in [-0.3, -0.25) is 14.5 Å². The first-order chi connectivity index (χ1) is 9.16. The van der Waals surface area contributed by atoms with Gasteiger partial charge < -0.3 is 5.32 Å². The molecular formula is C14H15BrN2O2. The zero-order valence-electron chi connectivity index (χ0n) is 10.5. The summed E-state index contributed by atoms with van der Waals surface area (Å²) in [7, 11) is 0. The van der Waals surface area contributed by atoms with Crippen LogP contribution in [0.3, 0.4) is 0 Å². The van der Waals surface area contributed by atoms with Crippen molar-refractivity contribution in [2.75, 3.05) is 19.6 Å². The Balaban J connectivity index is 1.81. The van der Waals surface area contributed by atoms with Crippen LogP contribution in [0.15, 0.2) is 22.7 Å². The highest BCUT2D eigenvalue weighted by Gasteiger charge is 2.36. The lowest BCUT2D eigenvalue weighted by Gasteiger charge is -2.26. The van der Waals surface area contributed by atoms with Gasteiger partial charge in [-0.15, -0.1) is 0 Å². The number of halogens is 1. The van der Waals surface area contributed by atoms with Crippen LogP contribution in [0.5, 0.6) is 0 Å². The Hall–Kier alpha value is -1.20. The Labute approximate surface area is 120 Å². The molecule has 100 valence electrons. The molecule has 5 heteroatoms. The smallest absolute Gasteiger partial charge is 0.261 e. The summed E-state index contributed by atoms with van der Waals surface area (Å²) in [5.41, 5.74) is 1.04. The van der Waals surface area contributed by atoms with Crippen LogP contribution in [0.25, 0.3) is 0 Å². The topological polar surface area (TPSA) is 49.4 Å². The molecule has 0 radical (unpaired) electrons. The van der Waals surface area contributed by atoms with Crippen molar-refractivity contribution in [2.24, 2.45) is 5.92 Å². The fraction of sp³-hybridized carbons (Fsp3) is 0.429. The fourth-order valence-corrected chi connectivity index (χ4v) is 3.13. The normalized spacial score (nSPS) is 22.8. The molecule has 1 aromatic carbocycles. The number of piperidine rings is 1. The third-order valence-electron chi connectivity index (χ3n) is 3.77. The van der Waals surface area contributed by atoms with E-state index in [1.165, 1.54) is 4.90 Å². The summed E-state index contributed by atoms with van der Waals surface area (Å²) in [6, 6.07) is 5.25. The van der Waals surface area contributed by atoms with Crippen LogP contribution in [0, 0.1) is 5.92 Å². The van der Waals surface area contributed by atoms with E-state index < -0.39 is 0 Å². The van der Waals surface area contributed by atoms with Crippen molar-refractivity contribution >= 4 is 27.7 Å². The summed E-state index contributed by atoms with van der Waals surface area (Å²) in [6.45, 7) is 2.44. The zero-order chi connectivity index (χ0) is 13.4. The second-order valence-electron chi connectivity index (χ2n) is 5.12. The van der Waals surface area contributed by atoms with Crippen LogP contribution in [-0.2, 0) is 0 Å². The second-order valence-corrected chi connectivity index (χ2v) is 6.04. The van der Waals surface area contributed by atoms with E-state index in [1.54, 1.807) is 18.2 Å². The van der Waals surface area contributed by atoms with Crippen molar-refractivity contribution in [1.29, 1.82) is 0 Å². The van der Waals surface area contributed by atoms with Gasteiger partial charge in [-0.25, -0.2) is 0 Å². The van der Waals surface area contributed by atoms with Gasteiger partial charge in [0.25, 0.3) is 11.8 Å². The number of fused-ring (bicyclic) bond motifs is 1. The van der Waals surface area contributed by atoms with E-state index in [9.17, 15) is 9.59 Å². The van der Waals surface area contributed by atoms with Crippen molar-refractivity contribution in [3.05, 3.63) is 33.8 Å². The molecule has 0 spiro atoms. The Morgan fingerprint density at radius 2 is 2.05 bits per heavy atom. The van der Waals surface area contributed by atoms with Gasteiger partial charge in [0.1, 0.15) is 0 Å². The molecule has 2 heterocycles. The van der Waals surface area contributed by atoms with Crippen LogP contribution >= 0.6 is 15.9 Å². The lowest BCUT2D eigenvalue weighted by molar-refractivity contribution is 0.0621. The molecule has 0 bridgehead atoms. The van der Waals surface area contributed by atoms with E-state index in [-0.39, 0.29) is 11.8 Å². The third-order valence-corrected chi connectivity index (χ3v) is 4.27.